The van der Waals surface area contributed by atoms with Crippen LogP contribution in [0.3, 0.4) is 0 Å². The molecule has 0 bridgehead atoms. The Kier molecular flexibility index (Phi) is 2.90. The van der Waals surface area contributed by atoms with E-state index in [1.807, 2.05) is 0 Å². The van der Waals surface area contributed by atoms with Crippen molar-refractivity contribution in [3.05, 3.63) is 55.9 Å². The van der Waals surface area contributed by atoms with E-state index in [4.69, 9.17) is 10.5 Å². The molecule has 0 aromatic heterocycles. The molecular formula is C12H10NO2. The SMILES string of the molecule is Nc1ccc(OC(=O)[C]2[CH][CH][CH][CH]2)cc1. The number of anilines is 1. The third-order valence-electron chi connectivity index (χ3n) is 1.99. The molecular weight excluding hydrogens is 190 g/mol. The normalized spacial score (nSPS) is 16.5. The molecule has 1 aliphatic rings. The maximum Gasteiger partial charge on any atom is 0.319 e. The van der Waals surface area contributed by atoms with E-state index >= 15 is 0 Å². The first-order chi connectivity index (χ1) is 7.25. The summed E-state index contributed by atoms with van der Waals surface area (Å²) in [5, 5.41) is 0. The quantitative estimate of drug-likeness (QED) is 0.448. The topological polar surface area (TPSA) is 52.3 Å². The van der Waals surface area contributed by atoms with Crippen molar-refractivity contribution in [3.8, 4) is 5.75 Å². The van der Waals surface area contributed by atoms with E-state index in [1.165, 1.54) is 0 Å². The van der Waals surface area contributed by atoms with Crippen molar-refractivity contribution >= 4 is 11.7 Å². The number of nitrogen functional groups attached to an aromatic ring is 1. The molecule has 3 heteroatoms. The van der Waals surface area contributed by atoms with Crippen molar-refractivity contribution in [1.82, 2.24) is 0 Å². The van der Waals surface area contributed by atoms with Crippen LogP contribution in [-0.2, 0) is 4.79 Å². The third kappa shape index (κ3) is 2.49. The summed E-state index contributed by atoms with van der Waals surface area (Å²) in [4.78, 5) is 11.5. The average Bonchev–Trinajstić information content (AvgIpc) is 2.74. The van der Waals surface area contributed by atoms with Crippen LogP contribution in [0, 0.1) is 31.6 Å². The number of carbonyl (C=O) groups excluding carboxylic acids is 1. The molecule has 0 aliphatic heterocycles. The predicted octanol–water partition coefficient (Wildman–Crippen LogP) is 1.58. The number of hydrogen-bond acceptors (Lipinski definition) is 3. The Hall–Kier alpha value is -1.51. The van der Waals surface area contributed by atoms with Gasteiger partial charge in [-0.25, -0.2) is 0 Å². The molecule has 0 atom stereocenters. The molecule has 0 heterocycles. The largest absolute Gasteiger partial charge is 0.426 e. The molecule has 0 unspecified atom stereocenters. The van der Waals surface area contributed by atoms with E-state index in [-0.39, 0.29) is 5.97 Å². The van der Waals surface area contributed by atoms with Gasteiger partial charge in [0.25, 0.3) is 0 Å². The van der Waals surface area contributed by atoms with E-state index in [2.05, 4.69) is 0 Å². The number of hydrogen-bond donors (Lipinski definition) is 1. The van der Waals surface area contributed by atoms with Crippen molar-refractivity contribution in [3.63, 3.8) is 0 Å². The molecule has 2 N–H and O–H groups in total. The molecule has 0 amide bonds. The van der Waals surface area contributed by atoms with E-state index in [9.17, 15) is 4.79 Å². The Morgan fingerprint density at radius 2 is 1.67 bits per heavy atom. The molecule has 1 fully saturated rings. The lowest BCUT2D eigenvalue weighted by Crippen LogP contribution is -2.16. The van der Waals surface area contributed by atoms with Crippen LogP contribution in [0.25, 0.3) is 0 Å². The predicted molar refractivity (Wildman–Crippen MR) is 56.9 cm³/mol. The molecule has 15 heavy (non-hydrogen) atoms. The van der Waals surface area contributed by atoms with E-state index in [0.717, 1.165) is 0 Å². The molecule has 5 radical (unpaired) electrons. The lowest BCUT2D eigenvalue weighted by molar-refractivity contribution is -0.131. The van der Waals surface area contributed by atoms with Crippen LogP contribution in [0.2, 0.25) is 0 Å². The van der Waals surface area contributed by atoms with Crippen LogP contribution >= 0.6 is 0 Å². The van der Waals surface area contributed by atoms with Gasteiger partial charge in [-0.15, -0.1) is 0 Å². The first-order valence-electron chi connectivity index (χ1n) is 4.55. The Bertz CT molecular complexity index is 339. The molecule has 1 aromatic carbocycles. The molecule has 75 valence electrons. The van der Waals surface area contributed by atoms with E-state index in [0.29, 0.717) is 17.4 Å². The van der Waals surface area contributed by atoms with Gasteiger partial charge < -0.3 is 10.5 Å². The number of esters is 1. The maximum absolute atomic E-state index is 11.5. The highest BCUT2D eigenvalue weighted by molar-refractivity contribution is 5.92. The van der Waals surface area contributed by atoms with Gasteiger partial charge in [0.05, 0.1) is 5.92 Å². The van der Waals surface area contributed by atoms with Crippen molar-refractivity contribution < 1.29 is 9.53 Å². The summed E-state index contributed by atoms with van der Waals surface area (Å²) in [7, 11) is 0. The molecule has 0 saturated heterocycles. The van der Waals surface area contributed by atoms with Crippen molar-refractivity contribution in [2.45, 2.75) is 0 Å². The Balaban J connectivity index is 1.96. The minimum absolute atomic E-state index is 0.357. The first-order valence-corrected chi connectivity index (χ1v) is 4.55. The molecule has 2 rings (SSSR count). The Labute approximate surface area is 89.2 Å². The lowest BCUT2D eigenvalue weighted by Gasteiger charge is -2.07. The maximum atomic E-state index is 11.5. The number of ether oxygens (including phenoxy) is 1. The fraction of sp³-hybridized carbons (Fsp3) is 0. The fourth-order valence-corrected chi connectivity index (χ4v) is 1.21. The van der Waals surface area contributed by atoms with Crippen LogP contribution in [0.1, 0.15) is 0 Å². The summed E-state index contributed by atoms with van der Waals surface area (Å²) in [6.07, 6.45) is 7.00. The van der Waals surface area contributed by atoms with Crippen LogP contribution in [0.4, 0.5) is 5.69 Å². The number of benzene rings is 1. The van der Waals surface area contributed by atoms with Gasteiger partial charge >= 0.3 is 5.97 Å². The number of carbonyl (C=O) groups is 1. The van der Waals surface area contributed by atoms with Gasteiger partial charge in [-0.3, -0.25) is 4.79 Å². The fourth-order valence-electron chi connectivity index (χ4n) is 1.21. The van der Waals surface area contributed by atoms with Crippen LogP contribution in [0.15, 0.2) is 24.3 Å². The molecule has 1 saturated carbocycles. The summed E-state index contributed by atoms with van der Waals surface area (Å²) in [5.41, 5.74) is 6.15. The smallest absolute Gasteiger partial charge is 0.319 e. The van der Waals surface area contributed by atoms with Gasteiger partial charge in [0.2, 0.25) is 0 Å². The average molecular weight is 200 g/mol. The zero-order valence-corrected chi connectivity index (χ0v) is 8.01. The highest BCUT2D eigenvalue weighted by Gasteiger charge is 2.26. The van der Waals surface area contributed by atoms with Gasteiger partial charge in [-0.1, -0.05) is 0 Å². The van der Waals surface area contributed by atoms with Gasteiger partial charge in [-0.2, -0.15) is 0 Å². The molecule has 1 aliphatic carbocycles. The standard InChI is InChI=1S/C12H10NO2/c13-10-5-7-11(8-6-10)15-12(14)9-3-1-2-4-9/h1-8H,13H2. The van der Waals surface area contributed by atoms with Crippen LogP contribution in [0.5, 0.6) is 5.75 Å². The highest BCUT2D eigenvalue weighted by atomic mass is 16.5. The summed E-state index contributed by atoms with van der Waals surface area (Å²) >= 11 is 0. The summed E-state index contributed by atoms with van der Waals surface area (Å²) in [5.74, 6) is 0.687. The second kappa shape index (κ2) is 4.34. The van der Waals surface area contributed by atoms with Gasteiger partial charge in [-0.05, 0) is 49.9 Å². The summed E-state index contributed by atoms with van der Waals surface area (Å²) in [6, 6.07) is 6.70. The van der Waals surface area contributed by atoms with Gasteiger partial charge in [0.1, 0.15) is 5.75 Å². The highest BCUT2D eigenvalue weighted by Crippen LogP contribution is 2.25. The zero-order valence-electron chi connectivity index (χ0n) is 8.01. The lowest BCUT2D eigenvalue weighted by atomic mass is 10.1. The molecule has 0 spiro atoms. The van der Waals surface area contributed by atoms with E-state index in [1.54, 1.807) is 49.9 Å². The Morgan fingerprint density at radius 1 is 1.07 bits per heavy atom. The minimum Gasteiger partial charge on any atom is -0.426 e. The number of nitrogens with two attached hydrogens (primary N) is 1. The first kappa shape index (κ1) is 10.0. The van der Waals surface area contributed by atoms with Crippen molar-refractivity contribution in [2.75, 3.05) is 5.73 Å². The second-order valence-electron chi connectivity index (χ2n) is 3.13. The van der Waals surface area contributed by atoms with Gasteiger partial charge in [0.15, 0.2) is 0 Å². The Morgan fingerprint density at radius 3 is 2.27 bits per heavy atom. The van der Waals surface area contributed by atoms with Crippen LogP contribution in [-0.4, -0.2) is 5.97 Å². The monoisotopic (exact) mass is 200 g/mol. The van der Waals surface area contributed by atoms with E-state index < -0.39 is 0 Å². The minimum atomic E-state index is -0.357. The molecule has 3 nitrogen and oxygen atoms in total. The zero-order chi connectivity index (χ0) is 10.7. The second-order valence-corrected chi connectivity index (χ2v) is 3.13. The number of rotatable bonds is 2. The summed E-state index contributed by atoms with van der Waals surface area (Å²) < 4.78 is 5.12. The third-order valence-corrected chi connectivity index (χ3v) is 1.99. The summed E-state index contributed by atoms with van der Waals surface area (Å²) in [6.45, 7) is 0. The van der Waals surface area contributed by atoms with Gasteiger partial charge in [0, 0.05) is 5.69 Å². The van der Waals surface area contributed by atoms with Crippen molar-refractivity contribution in [1.29, 1.82) is 0 Å². The van der Waals surface area contributed by atoms with Crippen LogP contribution < -0.4 is 10.5 Å². The van der Waals surface area contributed by atoms with Crippen molar-refractivity contribution in [2.24, 2.45) is 0 Å². The molecule has 1 aromatic rings.